The minimum absolute atomic E-state index is 0.0499. The highest BCUT2D eigenvalue weighted by Gasteiger charge is 2.10. The van der Waals surface area contributed by atoms with Crippen LogP contribution in [0.2, 0.25) is 5.02 Å². The molecule has 0 aliphatic carbocycles. The van der Waals surface area contributed by atoms with Crippen molar-refractivity contribution in [1.29, 1.82) is 0 Å². The summed E-state index contributed by atoms with van der Waals surface area (Å²) in [5.74, 6) is -0.0672. The number of carbonyl (C=O) groups is 1. The molecule has 1 amide bonds. The molecule has 0 bridgehead atoms. The van der Waals surface area contributed by atoms with E-state index < -0.39 is 0 Å². The lowest BCUT2D eigenvalue weighted by Gasteiger charge is -2.14. The first-order chi connectivity index (χ1) is 9.06. The summed E-state index contributed by atoms with van der Waals surface area (Å²) >= 11 is 5.85. The maximum atomic E-state index is 12.1. The van der Waals surface area contributed by atoms with Crippen LogP contribution in [0.1, 0.15) is 34.5 Å². The van der Waals surface area contributed by atoms with E-state index in [-0.39, 0.29) is 11.9 Å². The fourth-order valence-corrected chi connectivity index (χ4v) is 1.95. The molecule has 19 heavy (non-hydrogen) atoms. The third kappa shape index (κ3) is 3.58. The topological polar surface area (TPSA) is 29.1 Å². The number of amides is 1. The Hall–Kier alpha value is -1.80. The van der Waals surface area contributed by atoms with Crippen molar-refractivity contribution in [1.82, 2.24) is 5.32 Å². The van der Waals surface area contributed by atoms with Crippen molar-refractivity contribution in [3.63, 3.8) is 0 Å². The monoisotopic (exact) mass is 273 g/mol. The standard InChI is InChI=1S/C16H16ClNO/c1-11-3-5-14(6-4-11)16(19)18-12(2)13-7-9-15(17)10-8-13/h3-10,12H,1-2H3,(H,18,19)/t12-/m0/s1. The highest BCUT2D eigenvalue weighted by Crippen LogP contribution is 2.16. The van der Waals surface area contributed by atoms with E-state index in [0.29, 0.717) is 10.6 Å². The molecule has 0 saturated carbocycles. The predicted octanol–water partition coefficient (Wildman–Crippen LogP) is 4.14. The van der Waals surface area contributed by atoms with Gasteiger partial charge in [0.05, 0.1) is 6.04 Å². The molecule has 98 valence electrons. The predicted molar refractivity (Wildman–Crippen MR) is 78.5 cm³/mol. The molecule has 0 saturated heterocycles. The number of benzene rings is 2. The van der Waals surface area contributed by atoms with E-state index >= 15 is 0 Å². The van der Waals surface area contributed by atoms with Crippen molar-refractivity contribution in [3.8, 4) is 0 Å². The number of hydrogen-bond donors (Lipinski definition) is 1. The second-order valence-corrected chi connectivity index (χ2v) is 5.05. The van der Waals surface area contributed by atoms with Gasteiger partial charge in [0.15, 0.2) is 0 Å². The quantitative estimate of drug-likeness (QED) is 0.895. The van der Waals surface area contributed by atoms with Crippen LogP contribution in [0.15, 0.2) is 48.5 Å². The summed E-state index contributed by atoms with van der Waals surface area (Å²) in [5.41, 5.74) is 2.85. The summed E-state index contributed by atoms with van der Waals surface area (Å²) in [6.45, 7) is 3.95. The van der Waals surface area contributed by atoms with Crippen LogP contribution in [0, 0.1) is 6.92 Å². The average Bonchev–Trinajstić information content (AvgIpc) is 2.40. The van der Waals surface area contributed by atoms with Crippen LogP contribution in [0.5, 0.6) is 0 Å². The lowest BCUT2D eigenvalue weighted by Crippen LogP contribution is -2.26. The third-order valence-electron chi connectivity index (χ3n) is 3.03. The second-order valence-electron chi connectivity index (χ2n) is 4.61. The molecule has 1 N–H and O–H groups in total. The maximum absolute atomic E-state index is 12.1. The van der Waals surface area contributed by atoms with Crippen LogP contribution in [0.4, 0.5) is 0 Å². The molecule has 2 nitrogen and oxygen atoms in total. The number of carbonyl (C=O) groups excluding carboxylic acids is 1. The van der Waals surface area contributed by atoms with Gasteiger partial charge in [-0.05, 0) is 43.7 Å². The van der Waals surface area contributed by atoms with Crippen LogP contribution < -0.4 is 5.32 Å². The number of rotatable bonds is 3. The molecular formula is C16H16ClNO. The van der Waals surface area contributed by atoms with Crippen LogP contribution in [0.25, 0.3) is 0 Å². The van der Waals surface area contributed by atoms with Crippen LogP contribution in [-0.4, -0.2) is 5.91 Å². The molecule has 3 heteroatoms. The highest BCUT2D eigenvalue weighted by molar-refractivity contribution is 6.30. The summed E-state index contributed by atoms with van der Waals surface area (Å²) in [6.07, 6.45) is 0. The molecule has 0 aliphatic rings. The van der Waals surface area contributed by atoms with Crippen LogP contribution >= 0.6 is 11.6 Å². The van der Waals surface area contributed by atoms with Crippen molar-refractivity contribution in [2.45, 2.75) is 19.9 Å². The first-order valence-electron chi connectivity index (χ1n) is 6.19. The summed E-state index contributed by atoms with van der Waals surface area (Å²) in [5, 5.41) is 3.66. The smallest absolute Gasteiger partial charge is 0.251 e. The largest absolute Gasteiger partial charge is 0.346 e. The molecule has 0 aromatic heterocycles. The van der Waals surface area contributed by atoms with E-state index in [1.807, 2.05) is 62.4 Å². The van der Waals surface area contributed by atoms with Gasteiger partial charge in [-0.3, -0.25) is 4.79 Å². The van der Waals surface area contributed by atoms with Gasteiger partial charge in [0.1, 0.15) is 0 Å². The van der Waals surface area contributed by atoms with Gasteiger partial charge in [0.2, 0.25) is 0 Å². The number of aryl methyl sites for hydroxylation is 1. The Morgan fingerprint density at radius 2 is 1.63 bits per heavy atom. The number of halogens is 1. The van der Waals surface area contributed by atoms with Gasteiger partial charge < -0.3 is 5.32 Å². The fourth-order valence-electron chi connectivity index (χ4n) is 1.82. The molecule has 2 rings (SSSR count). The van der Waals surface area contributed by atoms with E-state index in [2.05, 4.69) is 5.32 Å². The van der Waals surface area contributed by atoms with E-state index in [1.165, 1.54) is 0 Å². The lowest BCUT2D eigenvalue weighted by molar-refractivity contribution is 0.0940. The van der Waals surface area contributed by atoms with E-state index in [4.69, 9.17) is 11.6 Å². The molecule has 2 aromatic carbocycles. The Labute approximate surface area is 118 Å². The van der Waals surface area contributed by atoms with Crippen molar-refractivity contribution in [2.75, 3.05) is 0 Å². The minimum atomic E-state index is -0.0672. The SMILES string of the molecule is Cc1ccc(C(=O)N[C@@H](C)c2ccc(Cl)cc2)cc1. The minimum Gasteiger partial charge on any atom is -0.346 e. The third-order valence-corrected chi connectivity index (χ3v) is 3.28. The normalized spacial score (nSPS) is 11.9. The van der Waals surface area contributed by atoms with Crippen molar-refractivity contribution in [3.05, 3.63) is 70.2 Å². The lowest BCUT2D eigenvalue weighted by atomic mass is 10.1. The Kier molecular flexibility index (Phi) is 4.23. The molecule has 0 radical (unpaired) electrons. The van der Waals surface area contributed by atoms with Gasteiger partial charge in [0.25, 0.3) is 5.91 Å². The van der Waals surface area contributed by atoms with Crippen LogP contribution in [-0.2, 0) is 0 Å². The summed E-state index contributed by atoms with van der Waals surface area (Å²) in [6, 6.07) is 15.0. The van der Waals surface area contributed by atoms with Gasteiger partial charge in [-0.15, -0.1) is 0 Å². The molecule has 0 unspecified atom stereocenters. The van der Waals surface area contributed by atoms with Gasteiger partial charge >= 0.3 is 0 Å². The van der Waals surface area contributed by atoms with E-state index in [1.54, 1.807) is 0 Å². The summed E-state index contributed by atoms with van der Waals surface area (Å²) in [7, 11) is 0. The van der Waals surface area contributed by atoms with Gasteiger partial charge in [-0.25, -0.2) is 0 Å². The number of nitrogens with one attached hydrogen (secondary N) is 1. The molecule has 1 atom stereocenters. The first-order valence-corrected chi connectivity index (χ1v) is 6.57. The number of hydrogen-bond acceptors (Lipinski definition) is 1. The van der Waals surface area contributed by atoms with Gasteiger partial charge in [0, 0.05) is 10.6 Å². The molecule has 0 heterocycles. The second kappa shape index (κ2) is 5.89. The van der Waals surface area contributed by atoms with Crippen LogP contribution in [0.3, 0.4) is 0 Å². The van der Waals surface area contributed by atoms with E-state index in [0.717, 1.165) is 11.1 Å². The fraction of sp³-hybridized carbons (Fsp3) is 0.188. The Bertz CT molecular complexity index is 560. The zero-order valence-corrected chi connectivity index (χ0v) is 11.7. The molecule has 0 spiro atoms. The van der Waals surface area contributed by atoms with Crippen molar-refractivity contribution >= 4 is 17.5 Å². The van der Waals surface area contributed by atoms with Gasteiger partial charge in [-0.1, -0.05) is 41.4 Å². The summed E-state index contributed by atoms with van der Waals surface area (Å²) in [4.78, 5) is 12.1. The van der Waals surface area contributed by atoms with Crippen molar-refractivity contribution < 1.29 is 4.79 Å². The average molecular weight is 274 g/mol. The molecular weight excluding hydrogens is 258 g/mol. The highest BCUT2D eigenvalue weighted by atomic mass is 35.5. The van der Waals surface area contributed by atoms with Gasteiger partial charge in [-0.2, -0.15) is 0 Å². The molecule has 2 aromatic rings. The Morgan fingerprint density at radius 1 is 1.05 bits per heavy atom. The molecule has 0 fully saturated rings. The van der Waals surface area contributed by atoms with E-state index in [9.17, 15) is 4.79 Å². The zero-order chi connectivity index (χ0) is 13.8. The maximum Gasteiger partial charge on any atom is 0.251 e. The summed E-state index contributed by atoms with van der Waals surface area (Å²) < 4.78 is 0. The Balaban J connectivity index is 2.06. The Morgan fingerprint density at radius 3 is 2.21 bits per heavy atom. The first kappa shape index (κ1) is 13.6. The molecule has 0 aliphatic heterocycles. The zero-order valence-electron chi connectivity index (χ0n) is 11.0. The van der Waals surface area contributed by atoms with Crippen molar-refractivity contribution in [2.24, 2.45) is 0 Å².